The molecule has 0 spiro atoms. The maximum absolute atomic E-state index is 12.0. The molecular weight excluding hydrogens is 254 g/mol. The molecule has 1 fully saturated rings. The zero-order valence-corrected chi connectivity index (χ0v) is 10.9. The van der Waals surface area contributed by atoms with Gasteiger partial charge in [0.05, 0.1) is 12.5 Å². The molecule has 6 nitrogen and oxygen atoms in total. The standard InChI is InChI=1S/C14H15N5O/c20-13(7-11-3-1-4-15-8-11)19-9-12(10-19)18-14-16-5-2-6-17-14/h1-6,8,12H,7,9-10H2,(H,16,17,18). The number of nitrogens with one attached hydrogen (secondary N) is 1. The molecule has 1 amide bonds. The van der Waals surface area contributed by atoms with E-state index in [1.54, 1.807) is 30.9 Å². The number of anilines is 1. The van der Waals surface area contributed by atoms with Crippen molar-refractivity contribution in [3.8, 4) is 0 Å². The zero-order chi connectivity index (χ0) is 13.8. The molecule has 1 N–H and O–H groups in total. The number of nitrogens with zero attached hydrogens (tertiary/aromatic N) is 4. The third kappa shape index (κ3) is 2.90. The summed E-state index contributed by atoms with van der Waals surface area (Å²) in [6.07, 6.45) is 7.23. The van der Waals surface area contributed by atoms with Crippen molar-refractivity contribution < 1.29 is 4.79 Å². The molecule has 0 unspecified atom stereocenters. The van der Waals surface area contributed by atoms with Gasteiger partial charge in [-0.25, -0.2) is 9.97 Å². The smallest absolute Gasteiger partial charge is 0.227 e. The summed E-state index contributed by atoms with van der Waals surface area (Å²) in [4.78, 5) is 26.1. The highest BCUT2D eigenvalue weighted by Crippen LogP contribution is 2.13. The molecule has 1 saturated heterocycles. The van der Waals surface area contributed by atoms with Gasteiger partial charge in [0.1, 0.15) is 0 Å². The van der Waals surface area contributed by atoms with E-state index >= 15 is 0 Å². The van der Waals surface area contributed by atoms with Gasteiger partial charge in [-0.2, -0.15) is 0 Å². The molecule has 6 heteroatoms. The topological polar surface area (TPSA) is 71.0 Å². The van der Waals surface area contributed by atoms with Gasteiger partial charge in [0.25, 0.3) is 0 Å². The lowest BCUT2D eigenvalue weighted by atomic mass is 10.1. The number of hydrogen-bond donors (Lipinski definition) is 1. The summed E-state index contributed by atoms with van der Waals surface area (Å²) in [7, 11) is 0. The Bertz CT molecular complexity index is 569. The summed E-state index contributed by atoms with van der Waals surface area (Å²) in [5, 5.41) is 3.20. The molecule has 0 atom stereocenters. The van der Waals surface area contributed by atoms with Gasteiger partial charge < -0.3 is 10.2 Å². The normalized spacial score (nSPS) is 14.7. The predicted octanol–water partition coefficient (Wildman–Crippen LogP) is 0.737. The Morgan fingerprint density at radius 3 is 2.75 bits per heavy atom. The van der Waals surface area contributed by atoms with Gasteiger partial charge in [0.2, 0.25) is 11.9 Å². The summed E-state index contributed by atoms with van der Waals surface area (Å²) in [5.74, 6) is 0.738. The number of pyridine rings is 1. The summed E-state index contributed by atoms with van der Waals surface area (Å²) in [6, 6.07) is 5.76. The fourth-order valence-corrected chi connectivity index (χ4v) is 2.12. The Labute approximate surface area is 116 Å². The third-order valence-corrected chi connectivity index (χ3v) is 3.21. The number of carbonyl (C=O) groups excluding carboxylic acids is 1. The van der Waals surface area contributed by atoms with Crippen LogP contribution in [0.25, 0.3) is 0 Å². The van der Waals surface area contributed by atoms with E-state index < -0.39 is 0 Å². The molecule has 0 aliphatic carbocycles. The second kappa shape index (κ2) is 5.64. The second-order valence-corrected chi connectivity index (χ2v) is 4.75. The van der Waals surface area contributed by atoms with Crippen LogP contribution in [0, 0.1) is 0 Å². The van der Waals surface area contributed by atoms with Crippen LogP contribution >= 0.6 is 0 Å². The highest BCUT2D eigenvalue weighted by molar-refractivity contribution is 5.79. The lowest BCUT2D eigenvalue weighted by molar-refractivity contribution is -0.134. The SMILES string of the molecule is O=C(Cc1cccnc1)N1CC(Nc2ncccn2)C1. The van der Waals surface area contributed by atoms with Crippen LogP contribution in [0.15, 0.2) is 43.0 Å². The van der Waals surface area contributed by atoms with Crippen LogP contribution in [0.5, 0.6) is 0 Å². The van der Waals surface area contributed by atoms with Crippen molar-refractivity contribution in [3.05, 3.63) is 48.5 Å². The zero-order valence-electron chi connectivity index (χ0n) is 10.9. The fraction of sp³-hybridized carbons (Fsp3) is 0.286. The summed E-state index contributed by atoms with van der Waals surface area (Å²) >= 11 is 0. The minimum Gasteiger partial charge on any atom is -0.348 e. The molecule has 0 bridgehead atoms. The lowest BCUT2D eigenvalue weighted by Gasteiger charge is -2.39. The first-order valence-corrected chi connectivity index (χ1v) is 6.51. The molecule has 1 aliphatic rings. The van der Waals surface area contributed by atoms with Crippen molar-refractivity contribution in [2.45, 2.75) is 12.5 Å². The number of hydrogen-bond acceptors (Lipinski definition) is 5. The van der Waals surface area contributed by atoms with E-state index in [2.05, 4.69) is 20.3 Å². The van der Waals surface area contributed by atoms with E-state index in [0.717, 1.165) is 5.56 Å². The van der Waals surface area contributed by atoms with E-state index in [9.17, 15) is 4.79 Å². The van der Waals surface area contributed by atoms with Gasteiger partial charge in [0.15, 0.2) is 0 Å². The molecular formula is C14H15N5O. The molecule has 102 valence electrons. The maximum Gasteiger partial charge on any atom is 0.227 e. The van der Waals surface area contributed by atoms with Gasteiger partial charge in [-0.3, -0.25) is 9.78 Å². The monoisotopic (exact) mass is 269 g/mol. The van der Waals surface area contributed by atoms with Crippen LogP contribution in [0.2, 0.25) is 0 Å². The van der Waals surface area contributed by atoms with Crippen LogP contribution in [-0.2, 0) is 11.2 Å². The molecule has 20 heavy (non-hydrogen) atoms. The average Bonchev–Trinajstić information content (AvgIpc) is 2.44. The highest BCUT2D eigenvalue weighted by Gasteiger charge is 2.30. The van der Waals surface area contributed by atoms with Crippen LogP contribution in [-0.4, -0.2) is 44.9 Å². The largest absolute Gasteiger partial charge is 0.348 e. The number of rotatable bonds is 4. The third-order valence-electron chi connectivity index (χ3n) is 3.21. The Balaban J connectivity index is 1.47. The summed E-state index contributed by atoms with van der Waals surface area (Å²) in [5.41, 5.74) is 0.945. The molecule has 3 heterocycles. The van der Waals surface area contributed by atoms with Crippen molar-refractivity contribution in [2.75, 3.05) is 18.4 Å². The number of aromatic nitrogens is 3. The van der Waals surface area contributed by atoms with Crippen LogP contribution in [0.3, 0.4) is 0 Å². The molecule has 0 aromatic carbocycles. The highest BCUT2D eigenvalue weighted by atomic mass is 16.2. The van der Waals surface area contributed by atoms with E-state index in [-0.39, 0.29) is 11.9 Å². The first kappa shape index (κ1) is 12.5. The quantitative estimate of drug-likeness (QED) is 0.886. The molecule has 2 aromatic rings. The predicted molar refractivity (Wildman–Crippen MR) is 74.0 cm³/mol. The van der Waals surface area contributed by atoms with Gasteiger partial charge >= 0.3 is 0 Å². The summed E-state index contributed by atoms with van der Waals surface area (Å²) < 4.78 is 0. The lowest BCUT2D eigenvalue weighted by Crippen LogP contribution is -2.57. The number of carbonyl (C=O) groups is 1. The Morgan fingerprint density at radius 1 is 1.25 bits per heavy atom. The molecule has 0 saturated carbocycles. The van der Waals surface area contributed by atoms with E-state index in [0.29, 0.717) is 25.5 Å². The van der Waals surface area contributed by atoms with E-state index in [1.807, 2.05) is 17.0 Å². The van der Waals surface area contributed by atoms with Crippen LogP contribution in [0.4, 0.5) is 5.95 Å². The van der Waals surface area contributed by atoms with Crippen LogP contribution < -0.4 is 5.32 Å². The Morgan fingerprint density at radius 2 is 2.05 bits per heavy atom. The number of likely N-dealkylation sites (tertiary alicyclic amines) is 1. The molecule has 0 radical (unpaired) electrons. The Kier molecular flexibility index (Phi) is 3.54. The molecule has 2 aromatic heterocycles. The van der Waals surface area contributed by atoms with Crippen molar-refractivity contribution in [3.63, 3.8) is 0 Å². The van der Waals surface area contributed by atoms with Gasteiger partial charge in [0, 0.05) is 37.9 Å². The van der Waals surface area contributed by atoms with E-state index in [4.69, 9.17) is 0 Å². The Hall–Kier alpha value is -2.50. The van der Waals surface area contributed by atoms with Gasteiger partial charge in [-0.05, 0) is 17.7 Å². The summed E-state index contributed by atoms with van der Waals surface area (Å²) in [6.45, 7) is 1.38. The molecule has 3 rings (SSSR count). The van der Waals surface area contributed by atoms with Crippen molar-refractivity contribution in [2.24, 2.45) is 0 Å². The molecule has 1 aliphatic heterocycles. The van der Waals surface area contributed by atoms with Crippen LogP contribution in [0.1, 0.15) is 5.56 Å². The van der Waals surface area contributed by atoms with Gasteiger partial charge in [-0.1, -0.05) is 6.07 Å². The number of amides is 1. The average molecular weight is 269 g/mol. The first-order valence-electron chi connectivity index (χ1n) is 6.51. The van der Waals surface area contributed by atoms with Gasteiger partial charge in [-0.15, -0.1) is 0 Å². The fourth-order valence-electron chi connectivity index (χ4n) is 2.12. The maximum atomic E-state index is 12.0. The van der Waals surface area contributed by atoms with E-state index in [1.165, 1.54) is 0 Å². The van der Waals surface area contributed by atoms with Crippen molar-refractivity contribution >= 4 is 11.9 Å². The minimum absolute atomic E-state index is 0.130. The minimum atomic E-state index is 0.130. The van der Waals surface area contributed by atoms with Crippen molar-refractivity contribution in [1.82, 2.24) is 19.9 Å². The second-order valence-electron chi connectivity index (χ2n) is 4.75. The van der Waals surface area contributed by atoms with Crippen molar-refractivity contribution in [1.29, 1.82) is 0 Å². The first-order chi connectivity index (χ1) is 9.81.